The van der Waals surface area contributed by atoms with Crippen LogP contribution >= 0.6 is 11.6 Å². The molecule has 0 radical (unpaired) electrons. The van der Waals surface area contributed by atoms with E-state index in [1.54, 1.807) is 12.1 Å². The molecule has 1 aromatic rings. The van der Waals surface area contributed by atoms with Crippen LogP contribution in [0.4, 0.5) is 0 Å². The Hall–Kier alpha value is -1.64. The maximum atomic E-state index is 13.0. The second-order valence-corrected chi connectivity index (χ2v) is 9.42. The summed E-state index contributed by atoms with van der Waals surface area (Å²) in [5, 5.41) is 8.63. The summed E-state index contributed by atoms with van der Waals surface area (Å²) in [7, 11) is -2.02. The van der Waals surface area contributed by atoms with Crippen molar-refractivity contribution in [2.75, 3.05) is 20.1 Å². The standard InChI is InChI=1S/C17H21ClN2O5S/c1-19-8-4-6-13(19)16(21)20-10-11(9-14(20)17(22)23)26(24,25)15-7-3-2-5-12(15)18/h2-3,5,7,11,13-14H,4,6,8-10H2,1H3,(H,22,23)/t11?,13-,14+/m0/s1. The minimum Gasteiger partial charge on any atom is -0.480 e. The molecule has 0 bridgehead atoms. The number of aliphatic carboxylic acids is 1. The Morgan fingerprint density at radius 2 is 1.92 bits per heavy atom. The third-order valence-corrected chi connectivity index (χ3v) is 7.85. The Balaban J connectivity index is 1.89. The number of amides is 1. The minimum absolute atomic E-state index is 0.0249. The summed E-state index contributed by atoms with van der Waals surface area (Å²) >= 11 is 6.03. The molecule has 1 N–H and O–H groups in total. The van der Waals surface area contributed by atoms with E-state index in [1.165, 1.54) is 17.0 Å². The summed E-state index contributed by atoms with van der Waals surface area (Å²) in [6, 6.07) is 4.55. The highest BCUT2D eigenvalue weighted by Crippen LogP contribution is 2.33. The van der Waals surface area contributed by atoms with Gasteiger partial charge in [0.2, 0.25) is 5.91 Å². The van der Waals surface area contributed by atoms with E-state index in [2.05, 4.69) is 0 Å². The number of hydrogen-bond acceptors (Lipinski definition) is 5. The monoisotopic (exact) mass is 400 g/mol. The first-order valence-corrected chi connectivity index (χ1v) is 10.4. The number of nitrogens with zero attached hydrogens (tertiary/aromatic N) is 2. The zero-order chi connectivity index (χ0) is 19.1. The van der Waals surface area contributed by atoms with E-state index in [4.69, 9.17) is 11.6 Å². The Morgan fingerprint density at radius 3 is 2.50 bits per heavy atom. The van der Waals surface area contributed by atoms with E-state index < -0.39 is 33.1 Å². The topological polar surface area (TPSA) is 95.0 Å². The molecule has 26 heavy (non-hydrogen) atoms. The zero-order valence-electron chi connectivity index (χ0n) is 14.3. The van der Waals surface area contributed by atoms with Gasteiger partial charge in [-0.05, 0) is 45.0 Å². The number of benzene rings is 1. The first kappa shape index (κ1) is 19.1. The Morgan fingerprint density at radius 1 is 1.23 bits per heavy atom. The van der Waals surface area contributed by atoms with Crippen LogP contribution in [-0.2, 0) is 19.4 Å². The van der Waals surface area contributed by atoms with E-state index in [0.717, 1.165) is 13.0 Å². The van der Waals surface area contributed by atoms with Gasteiger partial charge in [0, 0.05) is 6.54 Å². The molecule has 142 valence electrons. The summed E-state index contributed by atoms with van der Waals surface area (Å²) < 4.78 is 25.9. The maximum Gasteiger partial charge on any atom is 0.326 e. The molecule has 1 amide bonds. The lowest BCUT2D eigenvalue weighted by Crippen LogP contribution is -2.49. The Kier molecular flexibility index (Phi) is 5.28. The lowest BCUT2D eigenvalue weighted by atomic mass is 10.1. The molecule has 1 unspecified atom stereocenters. The number of hydrogen-bond donors (Lipinski definition) is 1. The van der Waals surface area contributed by atoms with Crippen LogP contribution in [0, 0.1) is 0 Å². The van der Waals surface area contributed by atoms with Crippen molar-refractivity contribution in [3.05, 3.63) is 29.3 Å². The van der Waals surface area contributed by atoms with E-state index in [-0.39, 0.29) is 28.8 Å². The van der Waals surface area contributed by atoms with Gasteiger partial charge in [0.1, 0.15) is 6.04 Å². The molecule has 0 aromatic heterocycles. The van der Waals surface area contributed by atoms with Crippen LogP contribution in [0.2, 0.25) is 5.02 Å². The average Bonchev–Trinajstić information content (AvgIpc) is 3.21. The largest absolute Gasteiger partial charge is 0.480 e. The fourth-order valence-electron chi connectivity index (χ4n) is 3.77. The summed E-state index contributed by atoms with van der Waals surface area (Å²) in [4.78, 5) is 27.6. The van der Waals surface area contributed by atoms with Crippen molar-refractivity contribution >= 4 is 33.3 Å². The highest BCUT2D eigenvalue weighted by atomic mass is 35.5. The van der Waals surface area contributed by atoms with Crippen molar-refractivity contribution in [2.45, 2.75) is 41.5 Å². The van der Waals surface area contributed by atoms with Crippen molar-refractivity contribution in [3.63, 3.8) is 0 Å². The molecule has 0 saturated carbocycles. The van der Waals surface area contributed by atoms with E-state index in [1.807, 2.05) is 11.9 Å². The molecule has 9 heteroatoms. The molecule has 1 aromatic carbocycles. The van der Waals surface area contributed by atoms with Crippen LogP contribution in [-0.4, -0.2) is 72.7 Å². The van der Waals surface area contributed by atoms with Gasteiger partial charge in [0.15, 0.2) is 9.84 Å². The summed E-state index contributed by atoms with van der Waals surface area (Å²) in [5.74, 6) is -1.50. The average molecular weight is 401 g/mol. The second-order valence-electron chi connectivity index (χ2n) is 6.82. The van der Waals surface area contributed by atoms with Crippen LogP contribution in [0.1, 0.15) is 19.3 Å². The number of carbonyl (C=O) groups excluding carboxylic acids is 1. The van der Waals surface area contributed by atoms with Gasteiger partial charge < -0.3 is 10.0 Å². The lowest BCUT2D eigenvalue weighted by molar-refractivity contribution is -0.149. The number of likely N-dealkylation sites (N-methyl/N-ethyl adjacent to an activating group) is 1. The molecule has 2 saturated heterocycles. The van der Waals surface area contributed by atoms with Gasteiger partial charge >= 0.3 is 5.97 Å². The Labute approximate surface area is 157 Å². The van der Waals surface area contributed by atoms with Gasteiger partial charge in [-0.2, -0.15) is 0 Å². The minimum atomic E-state index is -3.84. The van der Waals surface area contributed by atoms with Crippen molar-refractivity contribution in [2.24, 2.45) is 0 Å². The predicted octanol–water partition coefficient (Wildman–Crippen LogP) is 1.26. The number of carboxylic acid groups (broad SMARTS) is 1. The molecular formula is C17H21ClN2O5S. The molecule has 2 aliphatic rings. The Bertz CT molecular complexity index is 828. The summed E-state index contributed by atoms with van der Waals surface area (Å²) in [6.45, 7) is 0.636. The number of rotatable bonds is 4. The van der Waals surface area contributed by atoms with Gasteiger partial charge in [-0.25, -0.2) is 13.2 Å². The SMILES string of the molecule is CN1CCC[C@H]1C(=O)N1CC(S(=O)(=O)c2ccccc2Cl)C[C@@H]1C(=O)O. The number of carbonyl (C=O) groups is 2. The fraction of sp³-hybridized carbons (Fsp3) is 0.529. The number of halogens is 1. The number of carboxylic acids is 1. The summed E-state index contributed by atoms with van der Waals surface area (Å²) in [5.41, 5.74) is 0. The second kappa shape index (κ2) is 7.17. The maximum absolute atomic E-state index is 13.0. The van der Waals surface area contributed by atoms with Gasteiger partial charge in [0.25, 0.3) is 0 Å². The lowest BCUT2D eigenvalue weighted by Gasteiger charge is -2.27. The molecular weight excluding hydrogens is 380 g/mol. The van der Waals surface area contributed by atoms with Crippen LogP contribution in [0.3, 0.4) is 0 Å². The van der Waals surface area contributed by atoms with Crippen LogP contribution < -0.4 is 0 Å². The van der Waals surface area contributed by atoms with Crippen molar-refractivity contribution in [1.29, 1.82) is 0 Å². The third-order valence-electron chi connectivity index (χ3n) is 5.22. The van der Waals surface area contributed by atoms with E-state index >= 15 is 0 Å². The van der Waals surface area contributed by atoms with Gasteiger partial charge in [-0.15, -0.1) is 0 Å². The molecule has 0 aliphatic carbocycles. The molecule has 2 heterocycles. The quantitative estimate of drug-likeness (QED) is 0.817. The highest BCUT2D eigenvalue weighted by Gasteiger charge is 2.47. The molecule has 2 aliphatic heterocycles. The molecule has 2 fully saturated rings. The fourth-order valence-corrected chi connectivity index (χ4v) is 5.99. The first-order chi connectivity index (χ1) is 12.2. The molecule has 0 spiro atoms. The van der Waals surface area contributed by atoms with E-state index in [0.29, 0.717) is 6.42 Å². The number of sulfone groups is 1. The molecule has 3 atom stereocenters. The van der Waals surface area contributed by atoms with Gasteiger partial charge in [0.05, 0.1) is 21.2 Å². The van der Waals surface area contributed by atoms with Gasteiger partial charge in [-0.3, -0.25) is 9.69 Å². The van der Waals surface area contributed by atoms with Crippen molar-refractivity contribution in [3.8, 4) is 0 Å². The van der Waals surface area contributed by atoms with Gasteiger partial charge in [-0.1, -0.05) is 23.7 Å². The molecule has 3 rings (SSSR count). The van der Waals surface area contributed by atoms with Crippen molar-refractivity contribution < 1.29 is 23.1 Å². The first-order valence-electron chi connectivity index (χ1n) is 8.45. The predicted molar refractivity (Wildman–Crippen MR) is 95.8 cm³/mol. The van der Waals surface area contributed by atoms with Crippen molar-refractivity contribution in [1.82, 2.24) is 9.80 Å². The van der Waals surface area contributed by atoms with Crippen LogP contribution in [0.25, 0.3) is 0 Å². The zero-order valence-corrected chi connectivity index (χ0v) is 15.9. The normalized spacial score (nSPS) is 27.0. The molecule has 7 nitrogen and oxygen atoms in total. The van der Waals surface area contributed by atoms with E-state index in [9.17, 15) is 23.1 Å². The number of likely N-dealkylation sites (tertiary alicyclic amines) is 2. The van der Waals surface area contributed by atoms with Crippen LogP contribution in [0.15, 0.2) is 29.2 Å². The van der Waals surface area contributed by atoms with Crippen LogP contribution in [0.5, 0.6) is 0 Å². The summed E-state index contributed by atoms with van der Waals surface area (Å²) in [6.07, 6.45) is 1.38. The highest BCUT2D eigenvalue weighted by molar-refractivity contribution is 7.92. The smallest absolute Gasteiger partial charge is 0.326 e. The third kappa shape index (κ3) is 3.33.